The molecule has 1 fully saturated rings. The third-order valence-electron chi connectivity index (χ3n) is 5.29. The van der Waals surface area contributed by atoms with Crippen LogP contribution in [0.4, 0.5) is 4.79 Å². The maximum absolute atomic E-state index is 12.7. The van der Waals surface area contributed by atoms with Crippen molar-refractivity contribution in [2.75, 3.05) is 13.1 Å². The molecule has 1 saturated heterocycles. The lowest BCUT2D eigenvalue weighted by Crippen LogP contribution is -2.47. The van der Waals surface area contributed by atoms with Crippen molar-refractivity contribution in [3.05, 3.63) is 60.3 Å². The molecule has 0 saturated carbocycles. The molecule has 0 radical (unpaired) electrons. The van der Waals surface area contributed by atoms with E-state index in [1.54, 1.807) is 4.90 Å². The second-order valence-corrected chi connectivity index (χ2v) is 8.89. The summed E-state index contributed by atoms with van der Waals surface area (Å²) in [5.74, 6) is -0.104. The zero-order chi connectivity index (χ0) is 22.0. The molecule has 7 nitrogen and oxygen atoms in total. The molecular weight excluding hydrogens is 392 g/mol. The van der Waals surface area contributed by atoms with Gasteiger partial charge in [0.25, 0.3) is 5.91 Å². The van der Waals surface area contributed by atoms with Crippen LogP contribution < -0.4 is 5.32 Å². The molecule has 1 aromatic heterocycles. The highest BCUT2D eigenvalue weighted by molar-refractivity contribution is 5.94. The fourth-order valence-corrected chi connectivity index (χ4v) is 3.66. The lowest BCUT2D eigenvalue weighted by Gasteiger charge is -2.33. The first-order valence-corrected chi connectivity index (χ1v) is 10.6. The maximum Gasteiger partial charge on any atom is 0.410 e. The minimum absolute atomic E-state index is 0.0438. The average Bonchev–Trinajstić information content (AvgIpc) is 3.17. The molecule has 0 bridgehead atoms. The summed E-state index contributed by atoms with van der Waals surface area (Å²) in [7, 11) is 0. The first-order chi connectivity index (χ1) is 14.8. The highest BCUT2D eigenvalue weighted by atomic mass is 16.6. The van der Waals surface area contributed by atoms with Crippen molar-refractivity contribution in [1.29, 1.82) is 0 Å². The van der Waals surface area contributed by atoms with Crippen molar-refractivity contribution in [1.82, 2.24) is 20.0 Å². The van der Waals surface area contributed by atoms with Crippen molar-refractivity contribution < 1.29 is 14.3 Å². The number of carbonyl (C=O) groups excluding carboxylic acids is 2. The average molecular weight is 421 g/mol. The quantitative estimate of drug-likeness (QED) is 0.690. The van der Waals surface area contributed by atoms with Gasteiger partial charge in [-0.3, -0.25) is 4.79 Å². The van der Waals surface area contributed by atoms with Gasteiger partial charge >= 0.3 is 6.09 Å². The first kappa shape index (κ1) is 20.9. The van der Waals surface area contributed by atoms with E-state index in [-0.39, 0.29) is 18.0 Å². The predicted octanol–water partition coefficient (Wildman–Crippen LogP) is 4.15. The van der Waals surface area contributed by atoms with Gasteiger partial charge in [-0.2, -0.15) is 5.10 Å². The van der Waals surface area contributed by atoms with Crippen LogP contribution in [0.5, 0.6) is 0 Å². The summed E-state index contributed by atoms with van der Waals surface area (Å²) in [4.78, 5) is 26.6. The zero-order valence-electron chi connectivity index (χ0n) is 18.2. The molecule has 0 spiro atoms. The van der Waals surface area contributed by atoms with Gasteiger partial charge in [0.15, 0.2) is 0 Å². The van der Waals surface area contributed by atoms with E-state index in [1.165, 1.54) is 0 Å². The van der Waals surface area contributed by atoms with Crippen LogP contribution in [0.2, 0.25) is 0 Å². The van der Waals surface area contributed by atoms with E-state index >= 15 is 0 Å². The third kappa shape index (κ3) is 5.05. The molecule has 2 aromatic carbocycles. The summed E-state index contributed by atoms with van der Waals surface area (Å²) in [5, 5.41) is 8.72. The number of nitrogens with one attached hydrogen (secondary N) is 1. The van der Waals surface area contributed by atoms with Crippen LogP contribution >= 0.6 is 0 Å². The zero-order valence-corrected chi connectivity index (χ0v) is 18.2. The Bertz CT molecular complexity index is 1040. The Morgan fingerprint density at radius 3 is 2.35 bits per heavy atom. The number of hydrogen-bond donors (Lipinski definition) is 1. The van der Waals surface area contributed by atoms with E-state index in [0.29, 0.717) is 31.5 Å². The third-order valence-corrected chi connectivity index (χ3v) is 5.29. The van der Waals surface area contributed by atoms with Gasteiger partial charge in [-0.15, -0.1) is 0 Å². The van der Waals surface area contributed by atoms with Crippen LogP contribution in [0, 0.1) is 0 Å². The molecule has 1 aliphatic rings. The lowest BCUT2D eigenvalue weighted by atomic mass is 10.0. The molecule has 162 valence electrons. The van der Waals surface area contributed by atoms with Crippen molar-refractivity contribution in [2.24, 2.45) is 0 Å². The summed E-state index contributed by atoms with van der Waals surface area (Å²) in [6.07, 6.45) is 3.11. The van der Waals surface area contributed by atoms with Gasteiger partial charge in [-0.1, -0.05) is 18.2 Å². The summed E-state index contributed by atoms with van der Waals surface area (Å²) in [6.45, 7) is 6.73. The number of piperidine rings is 1. The van der Waals surface area contributed by atoms with Crippen molar-refractivity contribution in [3.63, 3.8) is 0 Å². The monoisotopic (exact) mass is 420 g/mol. The number of hydrogen-bond acceptors (Lipinski definition) is 4. The van der Waals surface area contributed by atoms with Crippen LogP contribution in [0.15, 0.2) is 54.7 Å². The number of benzene rings is 2. The Balaban J connectivity index is 1.33. The van der Waals surface area contributed by atoms with Gasteiger partial charge in [-0.25, -0.2) is 9.48 Å². The van der Waals surface area contributed by atoms with E-state index in [4.69, 9.17) is 4.74 Å². The summed E-state index contributed by atoms with van der Waals surface area (Å²) >= 11 is 0. The molecule has 31 heavy (non-hydrogen) atoms. The molecule has 0 unspecified atom stereocenters. The Morgan fingerprint density at radius 1 is 1.03 bits per heavy atom. The summed E-state index contributed by atoms with van der Waals surface area (Å²) < 4.78 is 7.24. The van der Waals surface area contributed by atoms with E-state index < -0.39 is 5.60 Å². The Labute approximate surface area is 182 Å². The highest BCUT2D eigenvalue weighted by Gasteiger charge is 2.27. The molecule has 2 heterocycles. The standard InChI is InChI=1S/C24H28N4O3/c1-24(2,3)31-23(30)27-14-12-19(13-15-27)25-22(29)17-8-10-20(11-9-17)28-16-18-6-4-5-7-21(18)26-28/h4-11,16,19H,12-15H2,1-3H3,(H,25,29). The number of ether oxygens (including phenoxy) is 1. The smallest absolute Gasteiger partial charge is 0.410 e. The molecule has 3 aromatic rings. The Morgan fingerprint density at radius 2 is 1.71 bits per heavy atom. The molecule has 0 atom stereocenters. The van der Waals surface area contributed by atoms with Crippen LogP contribution in [0.25, 0.3) is 16.6 Å². The largest absolute Gasteiger partial charge is 0.444 e. The number of aromatic nitrogens is 2. The van der Waals surface area contributed by atoms with E-state index in [2.05, 4.69) is 10.4 Å². The minimum Gasteiger partial charge on any atom is -0.444 e. The maximum atomic E-state index is 12.7. The van der Waals surface area contributed by atoms with Crippen LogP contribution in [-0.2, 0) is 4.74 Å². The van der Waals surface area contributed by atoms with Gasteiger partial charge in [0, 0.05) is 36.3 Å². The Kier molecular flexibility index (Phi) is 5.67. The normalized spacial score (nSPS) is 15.1. The van der Waals surface area contributed by atoms with E-state index in [0.717, 1.165) is 16.6 Å². The van der Waals surface area contributed by atoms with E-state index in [9.17, 15) is 9.59 Å². The molecule has 1 aliphatic heterocycles. The Hall–Kier alpha value is -3.35. The minimum atomic E-state index is -0.503. The summed E-state index contributed by atoms with van der Waals surface area (Å²) in [5.41, 5.74) is 1.94. The number of amides is 2. The van der Waals surface area contributed by atoms with Crippen LogP contribution in [0.1, 0.15) is 44.0 Å². The fourth-order valence-electron chi connectivity index (χ4n) is 3.66. The van der Waals surface area contributed by atoms with Gasteiger partial charge in [-0.05, 0) is 63.9 Å². The lowest BCUT2D eigenvalue weighted by molar-refractivity contribution is 0.0199. The molecule has 2 amide bonds. The van der Waals surface area contributed by atoms with Gasteiger partial charge in [0.05, 0.1) is 11.2 Å². The predicted molar refractivity (Wildman–Crippen MR) is 119 cm³/mol. The van der Waals surface area contributed by atoms with E-state index in [1.807, 2.05) is 80.2 Å². The van der Waals surface area contributed by atoms with Gasteiger partial charge in [0.1, 0.15) is 5.60 Å². The number of fused-ring (bicyclic) bond motifs is 1. The molecule has 0 aliphatic carbocycles. The number of rotatable bonds is 3. The fraction of sp³-hybridized carbons (Fsp3) is 0.375. The molecule has 4 rings (SSSR count). The molecule has 7 heteroatoms. The van der Waals surface area contributed by atoms with Crippen LogP contribution in [-0.4, -0.2) is 51.4 Å². The SMILES string of the molecule is CC(C)(C)OC(=O)N1CCC(NC(=O)c2ccc(-n3cc4ccccc4n3)cc2)CC1. The molecular formula is C24H28N4O3. The number of nitrogens with zero attached hydrogens (tertiary/aromatic N) is 3. The van der Waals surface area contributed by atoms with Crippen LogP contribution in [0.3, 0.4) is 0 Å². The summed E-state index contributed by atoms with van der Waals surface area (Å²) in [6, 6.07) is 15.4. The number of carbonyl (C=O) groups is 2. The number of likely N-dealkylation sites (tertiary alicyclic amines) is 1. The highest BCUT2D eigenvalue weighted by Crippen LogP contribution is 2.18. The topological polar surface area (TPSA) is 76.5 Å². The van der Waals surface area contributed by atoms with Crippen molar-refractivity contribution in [2.45, 2.75) is 45.3 Å². The van der Waals surface area contributed by atoms with Crippen molar-refractivity contribution in [3.8, 4) is 5.69 Å². The van der Waals surface area contributed by atoms with Gasteiger partial charge < -0.3 is 15.0 Å². The second kappa shape index (κ2) is 8.41. The first-order valence-electron chi connectivity index (χ1n) is 10.6. The molecule has 1 N–H and O–H groups in total. The second-order valence-electron chi connectivity index (χ2n) is 8.89. The van der Waals surface area contributed by atoms with Crippen molar-refractivity contribution >= 4 is 22.9 Å². The van der Waals surface area contributed by atoms with Gasteiger partial charge in [0.2, 0.25) is 0 Å².